The second-order valence-corrected chi connectivity index (χ2v) is 5.99. The summed E-state index contributed by atoms with van der Waals surface area (Å²) < 4.78 is 0.794. The first-order valence-electron chi connectivity index (χ1n) is 5.56. The zero-order valence-corrected chi connectivity index (χ0v) is 11.8. The van der Waals surface area contributed by atoms with Crippen LogP contribution in [0.4, 0.5) is 5.69 Å². The first-order chi connectivity index (χ1) is 8.60. The molecule has 0 bridgehead atoms. The first kappa shape index (κ1) is 12.9. The number of hydrogen-bond donors (Lipinski definition) is 0. The molecule has 0 saturated heterocycles. The SMILES string of the molecule is Cc1ccc(N(C)Cc2ccc(Cl)s2)c(C#N)c1. The number of nitriles is 1. The minimum atomic E-state index is 0.708. The van der Waals surface area contributed by atoms with Gasteiger partial charge in [0.1, 0.15) is 6.07 Å². The lowest BCUT2D eigenvalue weighted by molar-refractivity contribution is 0.937. The maximum absolute atomic E-state index is 9.17. The van der Waals surface area contributed by atoms with Gasteiger partial charge in [0.2, 0.25) is 0 Å². The summed E-state index contributed by atoms with van der Waals surface area (Å²) in [6.45, 7) is 2.75. The summed E-state index contributed by atoms with van der Waals surface area (Å²) in [5.41, 5.74) is 2.76. The van der Waals surface area contributed by atoms with Crippen LogP contribution in [0.25, 0.3) is 0 Å². The Balaban J connectivity index is 2.24. The maximum Gasteiger partial charge on any atom is 0.101 e. The topological polar surface area (TPSA) is 27.0 Å². The van der Waals surface area contributed by atoms with Gasteiger partial charge in [0.05, 0.1) is 22.1 Å². The van der Waals surface area contributed by atoms with E-state index in [2.05, 4.69) is 11.0 Å². The van der Waals surface area contributed by atoms with E-state index in [0.29, 0.717) is 5.56 Å². The lowest BCUT2D eigenvalue weighted by Crippen LogP contribution is -2.16. The standard InChI is InChI=1S/C14H13ClN2S/c1-10-3-5-13(11(7-10)8-16)17(2)9-12-4-6-14(15)18-12/h3-7H,9H2,1-2H3. The molecule has 4 heteroatoms. The summed E-state index contributed by atoms with van der Waals surface area (Å²) in [5, 5.41) is 9.17. The molecular weight excluding hydrogens is 264 g/mol. The molecule has 0 aliphatic heterocycles. The van der Waals surface area contributed by atoms with Gasteiger partial charge in [-0.3, -0.25) is 0 Å². The van der Waals surface area contributed by atoms with E-state index in [1.165, 1.54) is 4.88 Å². The van der Waals surface area contributed by atoms with Gasteiger partial charge in [-0.05, 0) is 36.8 Å². The highest BCUT2D eigenvalue weighted by atomic mass is 35.5. The highest BCUT2D eigenvalue weighted by Gasteiger charge is 2.09. The van der Waals surface area contributed by atoms with Gasteiger partial charge in [-0.15, -0.1) is 11.3 Å². The predicted octanol–water partition coefficient (Wildman–Crippen LogP) is 4.22. The number of thiophene rings is 1. The zero-order valence-electron chi connectivity index (χ0n) is 10.3. The number of hydrogen-bond acceptors (Lipinski definition) is 3. The van der Waals surface area contributed by atoms with E-state index in [1.54, 1.807) is 11.3 Å². The van der Waals surface area contributed by atoms with Gasteiger partial charge in [0, 0.05) is 11.9 Å². The highest BCUT2D eigenvalue weighted by molar-refractivity contribution is 7.16. The molecule has 92 valence electrons. The lowest BCUT2D eigenvalue weighted by Gasteiger charge is -2.20. The van der Waals surface area contributed by atoms with Gasteiger partial charge in [-0.1, -0.05) is 17.7 Å². The van der Waals surface area contributed by atoms with Crippen molar-refractivity contribution < 1.29 is 0 Å². The van der Waals surface area contributed by atoms with E-state index in [1.807, 2.05) is 44.3 Å². The molecule has 0 aliphatic rings. The molecule has 0 atom stereocenters. The number of aryl methyl sites for hydroxylation is 1. The normalized spacial score (nSPS) is 10.1. The molecule has 2 nitrogen and oxygen atoms in total. The molecule has 0 fully saturated rings. The van der Waals surface area contributed by atoms with Crippen molar-refractivity contribution in [3.05, 3.63) is 50.7 Å². The third kappa shape index (κ3) is 2.84. The van der Waals surface area contributed by atoms with Crippen LogP contribution in [-0.4, -0.2) is 7.05 Å². The van der Waals surface area contributed by atoms with Gasteiger partial charge in [0.25, 0.3) is 0 Å². The third-order valence-corrected chi connectivity index (χ3v) is 3.92. The third-order valence-electron chi connectivity index (χ3n) is 2.71. The molecule has 0 aliphatic carbocycles. The molecule has 1 aromatic heterocycles. The molecule has 0 amide bonds. The van der Waals surface area contributed by atoms with Crippen LogP contribution in [0.2, 0.25) is 4.34 Å². The van der Waals surface area contributed by atoms with Crippen LogP contribution in [0.1, 0.15) is 16.0 Å². The predicted molar refractivity (Wildman–Crippen MR) is 77.3 cm³/mol. The van der Waals surface area contributed by atoms with Crippen LogP contribution < -0.4 is 4.90 Å². The Kier molecular flexibility index (Phi) is 3.90. The van der Waals surface area contributed by atoms with E-state index in [4.69, 9.17) is 16.9 Å². The Morgan fingerprint density at radius 3 is 2.72 bits per heavy atom. The Hall–Kier alpha value is -1.50. The fourth-order valence-corrected chi connectivity index (χ4v) is 2.97. The van der Waals surface area contributed by atoms with E-state index >= 15 is 0 Å². The average molecular weight is 277 g/mol. The molecule has 1 aromatic carbocycles. The van der Waals surface area contributed by atoms with E-state index in [-0.39, 0.29) is 0 Å². The minimum Gasteiger partial charge on any atom is -0.368 e. The molecule has 0 unspecified atom stereocenters. The summed E-state index contributed by atoms with van der Waals surface area (Å²) in [6.07, 6.45) is 0. The van der Waals surface area contributed by atoms with Crippen molar-refractivity contribution in [1.82, 2.24) is 0 Å². The smallest absolute Gasteiger partial charge is 0.101 e. The lowest BCUT2D eigenvalue weighted by atomic mass is 10.1. The number of nitrogens with zero attached hydrogens (tertiary/aromatic N) is 2. The quantitative estimate of drug-likeness (QED) is 0.839. The fourth-order valence-electron chi connectivity index (χ4n) is 1.83. The van der Waals surface area contributed by atoms with Gasteiger partial charge < -0.3 is 4.90 Å². The van der Waals surface area contributed by atoms with Gasteiger partial charge in [0.15, 0.2) is 0 Å². The van der Waals surface area contributed by atoms with Crippen LogP contribution in [0.3, 0.4) is 0 Å². The number of halogens is 1. The van der Waals surface area contributed by atoms with Gasteiger partial charge in [-0.25, -0.2) is 0 Å². The van der Waals surface area contributed by atoms with Crippen molar-refractivity contribution in [3.8, 4) is 6.07 Å². The van der Waals surface area contributed by atoms with Crippen LogP contribution in [0.15, 0.2) is 30.3 Å². The summed E-state index contributed by atoms with van der Waals surface area (Å²) >= 11 is 7.49. The van der Waals surface area contributed by atoms with Crippen LogP contribution in [-0.2, 0) is 6.54 Å². The average Bonchev–Trinajstić information content (AvgIpc) is 2.74. The van der Waals surface area contributed by atoms with Crippen LogP contribution in [0, 0.1) is 18.3 Å². The summed E-state index contributed by atoms with van der Waals surface area (Å²) in [7, 11) is 1.99. The van der Waals surface area contributed by atoms with Crippen molar-refractivity contribution in [2.24, 2.45) is 0 Å². The van der Waals surface area contributed by atoms with Crippen molar-refractivity contribution >= 4 is 28.6 Å². The van der Waals surface area contributed by atoms with E-state index in [0.717, 1.165) is 22.1 Å². The minimum absolute atomic E-state index is 0.708. The second-order valence-electron chi connectivity index (χ2n) is 4.19. The van der Waals surface area contributed by atoms with Crippen LogP contribution in [0.5, 0.6) is 0 Å². The van der Waals surface area contributed by atoms with Gasteiger partial charge in [-0.2, -0.15) is 5.26 Å². The molecular formula is C14H13ClN2S. The van der Waals surface area contributed by atoms with Crippen molar-refractivity contribution in [2.45, 2.75) is 13.5 Å². The largest absolute Gasteiger partial charge is 0.368 e. The van der Waals surface area contributed by atoms with Crippen molar-refractivity contribution in [1.29, 1.82) is 5.26 Å². The molecule has 18 heavy (non-hydrogen) atoms. The molecule has 0 radical (unpaired) electrons. The fraction of sp³-hybridized carbons (Fsp3) is 0.214. The maximum atomic E-state index is 9.17. The number of anilines is 1. The zero-order chi connectivity index (χ0) is 13.1. The Morgan fingerprint density at radius 1 is 1.33 bits per heavy atom. The molecule has 0 spiro atoms. The summed E-state index contributed by atoms with van der Waals surface area (Å²) in [4.78, 5) is 3.26. The summed E-state index contributed by atoms with van der Waals surface area (Å²) in [5.74, 6) is 0. The number of rotatable bonds is 3. The molecule has 1 heterocycles. The first-order valence-corrected chi connectivity index (χ1v) is 6.75. The Bertz CT molecular complexity index is 598. The molecule has 2 aromatic rings. The summed E-state index contributed by atoms with van der Waals surface area (Å²) in [6, 6.07) is 12.1. The Morgan fingerprint density at radius 2 is 2.11 bits per heavy atom. The molecule has 0 N–H and O–H groups in total. The van der Waals surface area contributed by atoms with E-state index in [9.17, 15) is 0 Å². The van der Waals surface area contributed by atoms with Crippen molar-refractivity contribution in [3.63, 3.8) is 0 Å². The van der Waals surface area contributed by atoms with Crippen LogP contribution >= 0.6 is 22.9 Å². The van der Waals surface area contributed by atoms with Gasteiger partial charge >= 0.3 is 0 Å². The van der Waals surface area contributed by atoms with Crippen molar-refractivity contribution in [2.75, 3.05) is 11.9 Å². The Labute approximate surface area is 116 Å². The molecule has 2 rings (SSSR count). The highest BCUT2D eigenvalue weighted by Crippen LogP contribution is 2.26. The second kappa shape index (κ2) is 5.43. The number of benzene rings is 1. The monoisotopic (exact) mass is 276 g/mol. The molecule has 0 saturated carbocycles. The van der Waals surface area contributed by atoms with E-state index < -0.39 is 0 Å².